The Hall–Kier alpha value is -0.541. The summed E-state index contributed by atoms with van der Waals surface area (Å²) in [5.41, 5.74) is 0.822. The van der Waals surface area contributed by atoms with Gasteiger partial charge in [0.25, 0.3) is 0 Å². The normalized spacial score (nSPS) is 11.2. The third-order valence-electron chi connectivity index (χ3n) is 4.12. The van der Waals surface area contributed by atoms with Crippen molar-refractivity contribution in [1.82, 2.24) is 0 Å². The first-order valence-corrected chi connectivity index (χ1v) is 10.2. The van der Waals surface area contributed by atoms with Gasteiger partial charge in [0.1, 0.15) is 0 Å². The molecule has 27 heavy (non-hydrogen) atoms. The molecule has 0 spiro atoms. The number of hydrogen-bond acceptors (Lipinski definition) is 4. The number of carbonyl (C=O) groups excluding carboxylic acids is 2. The van der Waals surface area contributed by atoms with Gasteiger partial charge in [-0.15, -0.1) is 0 Å². The number of carboxylic acids is 2. The summed E-state index contributed by atoms with van der Waals surface area (Å²) >= 11 is 0. The summed E-state index contributed by atoms with van der Waals surface area (Å²) in [5.74, 6) is -1.84. The van der Waals surface area contributed by atoms with E-state index in [0.29, 0.717) is 10.8 Å². The SMILES string of the molecule is CC(C)(C)CCCCCCC(=O)[O-].CC(C)(C)CCCCCCC(=O)[O-].[Cu+2]. The Morgan fingerprint density at radius 2 is 0.815 bits per heavy atom. The molecule has 0 heterocycles. The van der Waals surface area contributed by atoms with E-state index in [2.05, 4.69) is 41.5 Å². The zero-order valence-corrected chi connectivity index (χ0v) is 19.4. The molecule has 165 valence electrons. The monoisotopic (exact) mass is 433 g/mol. The van der Waals surface area contributed by atoms with Gasteiger partial charge in [-0.3, -0.25) is 0 Å². The van der Waals surface area contributed by atoms with Gasteiger partial charge in [-0.1, -0.05) is 80.1 Å². The number of hydrogen-bond donors (Lipinski definition) is 0. The fourth-order valence-electron chi connectivity index (χ4n) is 2.56. The van der Waals surface area contributed by atoms with Crippen LogP contribution in [0.4, 0.5) is 0 Å². The Morgan fingerprint density at radius 1 is 0.556 bits per heavy atom. The summed E-state index contributed by atoms with van der Waals surface area (Å²) in [6.45, 7) is 13.4. The molecule has 0 N–H and O–H groups in total. The molecule has 0 aliphatic heterocycles. The van der Waals surface area contributed by atoms with Crippen LogP contribution in [0.3, 0.4) is 0 Å². The molecule has 0 aromatic heterocycles. The van der Waals surface area contributed by atoms with E-state index in [-0.39, 0.29) is 29.9 Å². The summed E-state index contributed by atoms with van der Waals surface area (Å²) in [4.78, 5) is 20.2. The van der Waals surface area contributed by atoms with Gasteiger partial charge >= 0.3 is 17.1 Å². The topological polar surface area (TPSA) is 80.3 Å². The molecule has 0 saturated carbocycles. The van der Waals surface area contributed by atoms with Crippen LogP contribution in [-0.2, 0) is 26.7 Å². The first-order chi connectivity index (χ1) is 11.8. The molecule has 1 radical (unpaired) electrons. The fourth-order valence-corrected chi connectivity index (χ4v) is 2.56. The van der Waals surface area contributed by atoms with Crippen molar-refractivity contribution in [3.8, 4) is 0 Å². The molecule has 0 amide bonds. The van der Waals surface area contributed by atoms with Gasteiger partial charge in [0.2, 0.25) is 0 Å². The minimum Gasteiger partial charge on any atom is -0.550 e. The fraction of sp³-hybridized carbons (Fsp3) is 0.909. The number of unbranched alkanes of at least 4 members (excludes halogenated alkanes) is 6. The van der Waals surface area contributed by atoms with Gasteiger partial charge in [0.05, 0.1) is 0 Å². The van der Waals surface area contributed by atoms with Crippen LogP contribution in [0.2, 0.25) is 0 Å². The third-order valence-corrected chi connectivity index (χ3v) is 4.12. The minimum absolute atomic E-state index is 0. The van der Waals surface area contributed by atoms with Crippen LogP contribution in [0.1, 0.15) is 119 Å². The predicted molar refractivity (Wildman–Crippen MR) is 104 cm³/mol. The van der Waals surface area contributed by atoms with Gasteiger partial charge in [-0.25, -0.2) is 0 Å². The quantitative estimate of drug-likeness (QED) is 0.340. The van der Waals surface area contributed by atoms with Crippen molar-refractivity contribution < 1.29 is 36.9 Å². The Bertz CT molecular complexity index is 331. The molecule has 0 rings (SSSR count). The Labute approximate surface area is 178 Å². The molecular formula is C22H42CuO4. The number of rotatable bonds is 12. The Balaban J connectivity index is -0.000000411. The van der Waals surface area contributed by atoms with Crippen molar-refractivity contribution >= 4 is 11.9 Å². The molecule has 0 aliphatic rings. The van der Waals surface area contributed by atoms with Gasteiger partial charge < -0.3 is 19.8 Å². The van der Waals surface area contributed by atoms with E-state index in [1.807, 2.05) is 0 Å². The summed E-state index contributed by atoms with van der Waals surface area (Å²) in [5, 5.41) is 20.2. The van der Waals surface area contributed by atoms with Crippen LogP contribution in [0.5, 0.6) is 0 Å². The third kappa shape index (κ3) is 37.0. The molecule has 0 unspecified atom stereocenters. The predicted octanol–water partition coefficient (Wildman–Crippen LogP) is 4.24. The second-order valence-corrected chi connectivity index (χ2v) is 9.69. The molecular weight excluding hydrogens is 392 g/mol. The standard InChI is InChI=1S/2C11H22O2.Cu/c2*1-11(2,3)9-7-5-4-6-8-10(12)13;/h2*4-9H2,1-3H3,(H,12,13);/q;;+2/p-2. The number of carbonyl (C=O) groups is 2. The van der Waals surface area contributed by atoms with E-state index in [1.54, 1.807) is 0 Å². The zero-order chi connectivity index (χ0) is 20.6. The molecule has 0 fully saturated rings. The smallest absolute Gasteiger partial charge is 0.550 e. The van der Waals surface area contributed by atoms with E-state index >= 15 is 0 Å². The van der Waals surface area contributed by atoms with Crippen molar-refractivity contribution in [2.24, 2.45) is 10.8 Å². The van der Waals surface area contributed by atoms with E-state index in [4.69, 9.17) is 0 Å². The molecule has 0 bridgehead atoms. The van der Waals surface area contributed by atoms with Crippen molar-refractivity contribution in [2.75, 3.05) is 0 Å². The summed E-state index contributed by atoms with van der Waals surface area (Å²) in [7, 11) is 0. The molecule has 4 nitrogen and oxygen atoms in total. The van der Waals surface area contributed by atoms with E-state index in [9.17, 15) is 19.8 Å². The number of aliphatic carboxylic acids is 2. The minimum atomic E-state index is -0.921. The van der Waals surface area contributed by atoms with Gasteiger partial charge in [0, 0.05) is 11.9 Å². The molecule has 0 saturated heterocycles. The van der Waals surface area contributed by atoms with E-state index in [0.717, 1.165) is 38.5 Å². The molecule has 5 heteroatoms. The maximum Gasteiger partial charge on any atom is 2.00 e. The maximum absolute atomic E-state index is 10.1. The van der Waals surface area contributed by atoms with Crippen molar-refractivity contribution in [3.05, 3.63) is 0 Å². The summed E-state index contributed by atoms with van der Waals surface area (Å²) in [6, 6.07) is 0. The first kappa shape index (κ1) is 31.2. The van der Waals surface area contributed by atoms with E-state index < -0.39 is 11.9 Å². The average molecular weight is 434 g/mol. The van der Waals surface area contributed by atoms with Gasteiger partial charge in [-0.05, 0) is 49.4 Å². The number of carboxylic acid groups (broad SMARTS) is 2. The molecule has 0 aliphatic carbocycles. The van der Waals surface area contributed by atoms with Crippen LogP contribution in [0.25, 0.3) is 0 Å². The van der Waals surface area contributed by atoms with E-state index in [1.165, 1.54) is 25.7 Å². The van der Waals surface area contributed by atoms with Crippen LogP contribution < -0.4 is 10.2 Å². The summed E-state index contributed by atoms with van der Waals surface area (Å²) < 4.78 is 0. The van der Waals surface area contributed by atoms with Crippen LogP contribution in [-0.4, -0.2) is 11.9 Å². The largest absolute Gasteiger partial charge is 2.00 e. The second kappa shape index (κ2) is 17.6. The molecule has 0 aromatic rings. The summed E-state index contributed by atoms with van der Waals surface area (Å²) in [6.07, 6.45) is 11.1. The second-order valence-electron chi connectivity index (χ2n) is 9.69. The maximum atomic E-state index is 10.1. The van der Waals surface area contributed by atoms with Gasteiger partial charge in [-0.2, -0.15) is 0 Å². The Morgan fingerprint density at radius 3 is 1.04 bits per heavy atom. The zero-order valence-electron chi connectivity index (χ0n) is 18.4. The van der Waals surface area contributed by atoms with Crippen molar-refractivity contribution in [1.29, 1.82) is 0 Å². The van der Waals surface area contributed by atoms with Crippen LogP contribution in [0.15, 0.2) is 0 Å². The van der Waals surface area contributed by atoms with Gasteiger partial charge in [0.15, 0.2) is 0 Å². The van der Waals surface area contributed by atoms with Crippen LogP contribution >= 0.6 is 0 Å². The van der Waals surface area contributed by atoms with Crippen LogP contribution in [0, 0.1) is 10.8 Å². The molecule has 0 aromatic carbocycles. The van der Waals surface area contributed by atoms with Crippen molar-refractivity contribution in [2.45, 2.75) is 119 Å². The average Bonchev–Trinajstić information content (AvgIpc) is 2.44. The Kier molecular flexibility index (Phi) is 20.3. The van der Waals surface area contributed by atoms with Crippen molar-refractivity contribution in [3.63, 3.8) is 0 Å². The first-order valence-electron chi connectivity index (χ1n) is 10.2. The molecule has 0 atom stereocenters.